The minimum absolute atomic E-state index is 0.103. The van der Waals surface area contributed by atoms with Crippen LogP contribution in [0.25, 0.3) is 0 Å². The molecule has 1 amide bonds. The number of nitrogens with one attached hydrogen (secondary N) is 2. The van der Waals surface area contributed by atoms with E-state index in [1.54, 1.807) is 13.2 Å². The summed E-state index contributed by atoms with van der Waals surface area (Å²) in [5, 5.41) is 3.18. The molecule has 3 aromatic carbocycles. The Morgan fingerprint density at radius 1 is 1.00 bits per heavy atom. The van der Waals surface area contributed by atoms with E-state index in [1.165, 1.54) is 27.3 Å². The number of hydrogen-bond acceptors (Lipinski definition) is 3. The summed E-state index contributed by atoms with van der Waals surface area (Å²) in [5.74, 6) is 0.491. The van der Waals surface area contributed by atoms with Crippen LogP contribution in [-0.2, 0) is 13.0 Å². The Bertz CT molecular complexity index is 1060. The molecule has 0 spiro atoms. The lowest BCUT2D eigenvalue weighted by Gasteiger charge is -2.33. The standard InChI is InChI=1S/C27H31N3O2/c1-29(2)23-14-12-21(13-15-23)25(30-17-16-20-8-4-5-9-22(20)19-30)18-28-27(31)24-10-6-7-11-26(24)32-3/h4-15,25H,16-19H2,1-3H3,(H,28,31)/p+1/t25-/m1/s1. The van der Waals surface area contributed by atoms with Crippen LogP contribution >= 0.6 is 0 Å². The number of methoxy groups -OCH3 is 1. The van der Waals surface area contributed by atoms with E-state index in [1.807, 2.05) is 32.3 Å². The first kappa shape index (κ1) is 21.9. The van der Waals surface area contributed by atoms with Crippen molar-refractivity contribution in [2.24, 2.45) is 0 Å². The molecule has 4 rings (SSSR count). The number of hydrogen-bond donors (Lipinski definition) is 2. The molecule has 2 atom stereocenters. The molecular formula is C27H32N3O2+. The average molecular weight is 431 g/mol. The number of benzene rings is 3. The second-order valence-corrected chi connectivity index (χ2v) is 8.55. The number of nitrogens with zero attached hydrogens (tertiary/aromatic N) is 1. The smallest absolute Gasteiger partial charge is 0.255 e. The van der Waals surface area contributed by atoms with E-state index in [2.05, 4.69) is 58.7 Å². The molecule has 0 saturated carbocycles. The van der Waals surface area contributed by atoms with Crippen molar-refractivity contribution >= 4 is 11.6 Å². The first-order valence-electron chi connectivity index (χ1n) is 11.2. The number of carbonyl (C=O) groups is 1. The lowest BCUT2D eigenvalue weighted by atomic mass is 9.96. The van der Waals surface area contributed by atoms with E-state index in [9.17, 15) is 4.79 Å². The Kier molecular flexibility index (Phi) is 6.76. The topological polar surface area (TPSA) is 46.0 Å². The molecule has 3 aromatic rings. The van der Waals surface area contributed by atoms with E-state index in [0.717, 1.165) is 19.5 Å². The highest BCUT2D eigenvalue weighted by Gasteiger charge is 2.29. The van der Waals surface area contributed by atoms with E-state index in [4.69, 9.17) is 4.74 Å². The van der Waals surface area contributed by atoms with Gasteiger partial charge in [0.25, 0.3) is 5.91 Å². The third kappa shape index (κ3) is 4.78. The lowest BCUT2D eigenvalue weighted by molar-refractivity contribution is -0.945. The molecule has 0 aromatic heterocycles. The molecule has 166 valence electrons. The summed E-state index contributed by atoms with van der Waals surface area (Å²) in [6.07, 6.45) is 1.05. The van der Waals surface area contributed by atoms with Crippen LogP contribution in [0.2, 0.25) is 0 Å². The van der Waals surface area contributed by atoms with Crippen LogP contribution < -0.4 is 19.9 Å². The Morgan fingerprint density at radius 3 is 2.41 bits per heavy atom. The van der Waals surface area contributed by atoms with Gasteiger partial charge in [-0.2, -0.15) is 0 Å². The summed E-state index contributed by atoms with van der Waals surface area (Å²) in [6, 6.07) is 24.9. The zero-order valence-corrected chi connectivity index (χ0v) is 19.1. The van der Waals surface area contributed by atoms with E-state index in [-0.39, 0.29) is 11.9 Å². The van der Waals surface area contributed by atoms with Crippen LogP contribution in [0.1, 0.15) is 33.1 Å². The van der Waals surface area contributed by atoms with E-state index in [0.29, 0.717) is 17.9 Å². The first-order chi connectivity index (χ1) is 15.6. The zero-order valence-electron chi connectivity index (χ0n) is 19.1. The Labute approximate surface area is 190 Å². The maximum absolute atomic E-state index is 13.0. The number of fused-ring (bicyclic) bond motifs is 1. The number of quaternary nitrogens is 1. The van der Waals surface area contributed by atoms with Crippen LogP contribution in [0.5, 0.6) is 5.75 Å². The highest BCUT2D eigenvalue weighted by molar-refractivity contribution is 5.96. The van der Waals surface area contributed by atoms with Gasteiger partial charge in [0.05, 0.1) is 25.8 Å². The summed E-state index contributed by atoms with van der Waals surface area (Å²) >= 11 is 0. The summed E-state index contributed by atoms with van der Waals surface area (Å²) in [5.41, 5.74) is 5.82. The highest BCUT2D eigenvalue weighted by atomic mass is 16.5. The summed E-state index contributed by atoms with van der Waals surface area (Å²) in [7, 11) is 5.69. The van der Waals surface area contributed by atoms with Crippen molar-refractivity contribution in [3.63, 3.8) is 0 Å². The molecule has 32 heavy (non-hydrogen) atoms. The molecule has 0 aliphatic carbocycles. The van der Waals surface area contributed by atoms with Gasteiger partial charge in [0.2, 0.25) is 0 Å². The summed E-state index contributed by atoms with van der Waals surface area (Å²) < 4.78 is 5.38. The fourth-order valence-electron chi connectivity index (χ4n) is 4.52. The molecule has 1 aliphatic heterocycles. The SMILES string of the molecule is COc1ccccc1C(=O)NC[C@H](c1ccc(N(C)C)cc1)[NH+]1CCc2ccccc2C1. The molecule has 5 nitrogen and oxygen atoms in total. The molecular weight excluding hydrogens is 398 g/mol. The largest absolute Gasteiger partial charge is 0.496 e. The first-order valence-corrected chi connectivity index (χ1v) is 11.2. The number of carbonyl (C=O) groups excluding carboxylic acids is 1. The van der Waals surface area contributed by atoms with Crippen molar-refractivity contribution in [2.45, 2.75) is 19.0 Å². The number of para-hydroxylation sites is 1. The zero-order chi connectivity index (χ0) is 22.5. The molecule has 1 unspecified atom stereocenters. The molecule has 1 aliphatic rings. The van der Waals surface area contributed by atoms with Gasteiger partial charge in [-0.1, -0.05) is 48.5 Å². The van der Waals surface area contributed by atoms with Gasteiger partial charge in [-0.15, -0.1) is 0 Å². The van der Waals surface area contributed by atoms with Gasteiger partial charge >= 0.3 is 0 Å². The summed E-state index contributed by atoms with van der Waals surface area (Å²) in [6.45, 7) is 2.57. The Morgan fingerprint density at radius 2 is 1.69 bits per heavy atom. The number of ether oxygens (including phenoxy) is 1. The van der Waals surface area contributed by atoms with Crippen LogP contribution in [-0.4, -0.2) is 40.2 Å². The predicted octanol–water partition coefficient (Wildman–Crippen LogP) is 2.87. The maximum atomic E-state index is 13.0. The molecule has 2 N–H and O–H groups in total. The highest BCUT2D eigenvalue weighted by Crippen LogP contribution is 2.20. The molecule has 1 heterocycles. The van der Waals surface area contributed by atoms with Crippen LogP contribution in [0.4, 0.5) is 5.69 Å². The van der Waals surface area contributed by atoms with Crippen molar-refractivity contribution in [3.8, 4) is 5.75 Å². The van der Waals surface area contributed by atoms with Gasteiger partial charge in [0.1, 0.15) is 18.3 Å². The number of rotatable bonds is 7. The second kappa shape index (κ2) is 9.88. The maximum Gasteiger partial charge on any atom is 0.255 e. The van der Waals surface area contributed by atoms with E-state index >= 15 is 0 Å². The summed E-state index contributed by atoms with van der Waals surface area (Å²) in [4.78, 5) is 16.6. The minimum Gasteiger partial charge on any atom is -0.496 e. The molecule has 5 heteroatoms. The fourth-order valence-corrected chi connectivity index (χ4v) is 4.52. The van der Waals surface area contributed by atoms with Gasteiger partial charge in [0, 0.05) is 37.3 Å². The molecule has 0 bridgehead atoms. The average Bonchev–Trinajstić information content (AvgIpc) is 2.84. The van der Waals surface area contributed by atoms with Crippen molar-refractivity contribution in [3.05, 3.63) is 95.1 Å². The van der Waals surface area contributed by atoms with Crippen molar-refractivity contribution < 1.29 is 14.4 Å². The normalized spacial score (nSPS) is 16.0. The number of anilines is 1. The monoisotopic (exact) mass is 430 g/mol. The van der Waals surface area contributed by atoms with E-state index < -0.39 is 0 Å². The van der Waals surface area contributed by atoms with Crippen molar-refractivity contribution in [1.82, 2.24) is 5.32 Å². The predicted molar refractivity (Wildman–Crippen MR) is 129 cm³/mol. The van der Waals surface area contributed by atoms with Gasteiger partial charge in [-0.05, 0) is 29.8 Å². The third-order valence-electron chi connectivity index (χ3n) is 6.37. The third-order valence-corrected chi connectivity index (χ3v) is 6.37. The second-order valence-electron chi connectivity index (χ2n) is 8.55. The van der Waals surface area contributed by atoms with Crippen LogP contribution in [0, 0.1) is 0 Å². The quantitative estimate of drug-likeness (QED) is 0.606. The van der Waals surface area contributed by atoms with Gasteiger partial charge < -0.3 is 19.9 Å². The Hall–Kier alpha value is -3.31. The van der Waals surface area contributed by atoms with Crippen molar-refractivity contribution in [2.75, 3.05) is 39.2 Å². The minimum atomic E-state index is -0.103. The van der Waals surface area contributed by atoms with Crippen LogP contribution in [0.3, 0.4) is 0 Å². The van der Waals surface area contributed by atoms with Gasteiger partial charge in [0.15, 0.2) is 0 Å². The van der Waals surface area contributed by atoms with Gasteiger partial charge in [-0.25, -0.2) is 0 Å². The number of amides is 1. The molecule has 0 radical (unpaired) electrons. The molecule has 0 saturated heterocycles. The molecule has 0 fully saturated rings. The van der Waals surface area contributed by atoms with Gasteiger partial charge in [-0.3, -0.25) is 4.79 Å². The van der Waals surface area contributed by atoms with Crippen LogP contribution in [0.15, 0.2) is 72.8 Å². The fraction of sp³-hybridized carbons (Fsp3) is 0.296. The van der Waals surface area contributed by atoms with Crippen molar-refractivity contribution in [1.29, 1.82) is 0 Å². The lowest BCUT2D eigenvalue weighted by Crippen LogP contribution is -3.12. The Balaban J connectivity index is 1.57.